The summed E-state index contributed by atoms with van der Waals surface area (Å²) in [5.74, 6) is 0.248. The molecule has 3 rings (SSSR count). The number of nitrogens with zero attached hydrogens (tertiary/aromatic N) is 3. The number of hydrogen-bond donors (Lipinski definition) is 0. The van der Waals surface area contributed by atoms with E-state index in [1.165, 1.54) is 5.56 Å². The normalized spacial score (nSPS) is 13.3. The molecule has 0 saturated carbocycles. The van der Waals surface area contributed by atoms with Crippen LogP contribution in [0.5, 0.6) is 0 Å². The van der Waals surface area contributed by atoms with Crippen LogP contribution < -0.4 is 0 Å². The molecule has 6 heteroatoms. The maximum absolute atomic E-state index is 12.2. The van der Waals surface area contributed by atoms with Crippen LogP contribution in [0.15, 0.2) is 60.7 Å². The first-order valence-corrected chi connectivity index (χ1v) is 11.2. The van der Waals surface area contributed by atoms with E-state index in [9.17, 15) is 4.79 Å². The van der Waals surface area contributed by atoms with E-state index in [1.54, 1.807) is 0 Å². The Labute approximate surface area is 188 Å². The second-order valence-corrected chi connectivity index (χ2v) is 6.58. The lowest BCUT2D eigenvalue weighted by molar-refractivity contribution is -0.445. The Morgan fingerprint density at radius 2 is 1.26 bits per heavy atom. The molecule has 2 aromatic rings. The highest BCUT2D eigenvalue weighted by Gasteiger charge is 2.17. The summed E-state index contributed by atoms with van der Waals surface area (Å²) in [6.45, 7) is 14.1. The Kier molecular flexibility index (Phi) is 16.7. The minimum absolute atomic E-state index is 0.248. The summed E-state index contributed by atoms with van der Waals surface area (Å²) in [4.78, 5) is 25.4. The first-order valence-electron chi connectivity index (χ1n) is 11.2. The van der Waals surface area contributed by atoms with Gasteiger partial charge in [0.15, 0.2) is 12.8 Å². The number of hydrogen-bond acceptors (Lipinski definition) is 5. The first kappa shape index (κ1) is 28.4. The molecule has 0 aliphatic carbocycles. The monoisotopic (exact) mass is 429 g/mol. The van der Waals surface area contributed by atoms with Crippen molar-refractivity contribution in [2.75, 3.05) is 39.8 Å². The third-order valence-electron chi connectivity index (χ3n) is 4.46. The quantitative estimate of drug-likeness (QED) is 0.366. The summed E-state index contributed by atoms with van der Waals surface area (Å²) in [5.41, 5.74) is 2.20. The lowest BCUT2D eigenvalue weighted by Gasteiger charge is -2.34. The van der Waals surface area contributed by atoms with E-state index in [4.69, 9.17) is 10.1 Å². The van der Waals surface area contributed by atoms with Crippen LogP contribution in [0.25, 0.3) is 0 Å². The fraction of sp³-hybridized carbons (Fsp3) is 0.480. The van der Waals surface area contributed by atoms with E-state index >= 15 is 0 Å². The topological polar surface area (TPSA) is 66.7 Å². The highest BCUT2D eigenvalue weighted by atomic mass is 16.6. The molecule has 0 amide bonds. The van der Waals surface area contributed by atoms with Crippen molar-refractivity contribution in [2.45, 2.75) is 40.7 Å². The Bertz CT molecular complexity index is 696. The van der Waals surface area contributed by atoms with Crippen molar-refractivity contribution in [1.29, 1.82) is 0 Å². The van der Waals surface area contributed by atoms with E-state index in [0.29, 0.717) is 6.42 Å². The molecule has 1 fully saturated rings. The predicted octanol–water partition coefficient (Wildman–Crippen LogP) is 5.02. The second kappa shape index (κ2) is 18.2. The van der Waals surface area contributed by atoms with Gasteiger partial charge in [0, 0.05) is 56.2 Å². The molecule has 0 radical (unpaired) electrons. The van der Waals surface area contributed by atoms with Gasteiger partial charge in [0.25, 0.3) is 0 Å². The van der Waals surface area contributed by atoms with Gasteiger partial charge in [-0.05, 0) is 5.56 Å². The van der Waals surface area contributed by atoms with Gasteiger partial charge >= 0.3 is 0 Å². The van der Waals surface area contributed by atoms with Gasteiger partial charge in [0.2, 0.25) is 0 Å². The molecule has 0 unspecified atom stereocenters. The molecule has 0 aromatic heterocycles. The van der Waals surface area contributed by atoms with E-state index < -0.39 is 4.92 Å². The molecule has 1 saturated heterocycles. The van der Waals surface area contributed by atoms with E-state index in [-0.39, 0.29) is 5.78 Å². The van der Waals surface area contributed by atoms with Crippen molar-refractivity contribution >= 4 is 5.78 Å². The van der Waals surface area contributed by atoms with Crippen molar-refractivity contribution in [1.82, 2.24) is 9.80 Å². The SMILES string of the molecule is CC.CC.C[N+](=O)[O-].O=C(CCN1CCN(Cc2ccccc2)CC1)c1ccccc1. The van der Waals surface area contributed by atoms with Crippen LogP contribution in [0.1, 0.15) is 50.0 Å². The van der Waals surface area contributed by atoms with E-state index in [0.717, 1.165) is 51.9 Å². The van der Waals surface area contributed by atoms with Gasteiger partial charge in [-0.1, -0.05) is 88.4 Å². The molecule has 172 valence electrons. The van der Waals surface area contributed by atoms with Gasteiger partial charge in [0.1, 0.15) is 0 Å². The number of Topliss-reactive ketones (excluding diaryl/α,β-unsaturated/α-hetero) is 1. The smallest absolute Gasteiger partial charge is 0.194 e. The van der Waals surface area contributed by atoms with Crippen LogP contribution in [0.3, 0.4) is 0 Å². The van der Waals surface area contributed by atoms with Gasteiger partial charge in [0.05, 0.1) is 0 Å². The van der Waals surface area contributed by atoms with Crippen LogP contribution in [0, 0.1) is 10.1 Å². The lowest BCUT2D eigenvalue weighted by atomic mass is 10.1. The summed E-state index contributed by atoms with van der Waals surface area (Å²) in [6, 6.07) is 20.2. The fourth-order valence-electron chi connectivity index (χ4n) is 3.04. The zero-order chi connectivity index (χ0) is 23.5. The maximum atomic E-state index is 12.2. The first-order chi connectivity index (χ1) is 15.0. The highest BCUT2D eigenvalue weighted by Crippen LogP contribution is 2.10. The molecule has 0 bridgehead atoms. The van der Waals surface area contributed by atoms with Gasteiger partial charge in [-0.3, -0.25) is 19.8 Å². The third kappa shape index (κ3) is 13.4. The third-order valence-corrected chi connectivity index (χ3v) is 4.46. The van der Waals surface area contributed by atoms with Crippen LogP contribution in [0.4, 0.5) is 0 Å². The van der Waals surface area contributed by atoms with Crippen molar-refractivity contribution < 1.29 is 9.72 Å². The van der Waals surface area contributed by atoms with Crippen molar-refractivity contribution in [3.8, 4) is 0 Å². The molecule has 1 aliphatic rings. The average Bonchev–Trinajstić information content (AvgIpc) is 2.82. The lowest BCUT2D eigenvalue weighted by Crippen LogP contribution is -2.46. The molecule has 6 nitrogen and oxygen atoms in total. The second-order valence-electron chi connectivity index (χ2n) is 6.58. The standard InChI is InChI=1S/C20H24N2O.2C2H6.CH3NO2/c23-20(19-9-5-2-6-10-19)11-12-21-13-15-22(16-14-21)17-18-7-3-1-4-8-18;2*1-2;1-2(3)4/h1-10H,11-17H2;2*1-2H3;1H3. The van der Waals surface area contributed by atoms with Crippen molar-refractivity contribution in [3.63, 3.8) is 0 Å². The van der Waals surface area contributed by atoms with Gasteiger partial charge in [-0.25, -0.2) is 0 Å². The predicted molar refractivity (Wildman–Crippen MR) is 129 cm³/mol. The Morgan fingerprint density at radius 3 is 1.74 bits per heavy atom. The summed E-state index contributed by atoms with van der Waals surface area (Å²) in [5, 5.41) is 8.81. The Morgan fingerprint density at radius 1 is 0.839 bits per heavy atom. The highest BCUT2D eigenvalue weighted by molar-refractivity contribution is 5.96. The van der Waals surface area contributed by atoms with Crippen LogP contribution in [0.2, 0.25) is 0 Å². The number of rotatable bonds is 6. The summed E-state index contributed by atoms with van der Waals surface area (Å²) in [6.07, 6.45) is 0.614. The molecule has 2 aromatic carbocycles. The molecule has 1 heterocycles. The number of benzene rings is 2. The fourth-order valence-corrected chi connectivity index (χ4v) is 3.04. The largest absolute Gasteiger partial charge is 0.300 e. The number of carbonyl (C=O) groups is 1. The number of carbonyl (C=O) groups excluding carboxylic acids is 1. The van der Waals surface area contributed by atoms with Crippen LogP contribution in [-0.4, -0.2) is 60.3 Å². The number of ketones is 1. The van der Waals surface area contributed by atoms with Gasteiger partial charge in [-0.2, -0.15) is 0 Å². The molecule has 31 heavy (non-hydrogen) atoms. The van der Waals surface area contributed by atoms with E-state index in [2.05, 4.69) is 40.1 Å². The molecule has 0 spiro atoms. The summed E-state index contributed by atoms with van der Waals surface area (Å²) >= 11 is 0. The molecule has 0 N–H and O–H groups in total. The molecule has 1 aliphatic heterocycles. The van der Waals surface area contributed by atoms with Crippen LogP contribution >= 0.6 is 0 Å². The summed E-state index contributed by atoms with van der Waals surface area (Å²) in [7, 11) is 0.889. The number of nitro groups is 1. The minimum Gasteiger partial charge on any atom is -0.300 e. The van der Waals surface area contributed by atoms with Crippen molar-refractivity contribution in [3.05, 3.63) is 81.9 Å². The van der Waals surface area contributed by atoms with Gasteiger partial charge < -0.3 is 4.90 Å². The number of piperazine rings is 1. The zero-order valence-corrected chi connectivity index (χ0v) is 19.8. The maximum Gasteiger partial charge on any atom is 0.194 e. The molecular weight excluding hydrogens is 390 g/mol. The summed E-state index contributed by atoms with van der Waals surface area (Å²) < 4.78 is 0. The molecular formula is C25H39N3O3. The van der Waals surface area contributed by atoms with Gasteiger partial charge in [-0.15, -0.1) is 0 Å². The van der Waals surface area contributed by atoms with Crippen molar-refractivity contribution in [2.24, 2.45) is 0 Å². The molecule has 0 atom stereocenters. The Hall–Kier alpha value is -2.57. The zero-order valence-electron chi connectivity index (χ0n) is 19.8. The Balaban J connectivity index is 0.000000992. The van der Waals surface area contributed by atoms with Crippen LogP contribution in [-0.2, 0) is 6.54 Å². The average molecular weight is 430 g/mol. The minimum atomic E-state index is -0.500. The van der Waals surface area contributed by atoms with E-state index in [1.807, 2.05) is 58.0 Å².